The van der Waals surface area contributed by atoms with Gasteiger partial charge >= 0.3 is 0 Å². The van der Waals surface area contributed by atoms with Crippen molar-refractivity contribution < 1.29 is 4.39 Å². The van der Waals surface area contributed by atoms with Crippen molar-refractivity contribution in [2.45, 2.75) is 45.8 Å². The summed E-state index contributed by atoms with van der Waals surface area (Å²) in [5, 5.41) is 3.47. The summed E-state index contributed by atoms with van der Waals surface area (Å²) in [4.78, 5) is 2.21. The first-order valence-electron chi connectivity index (χ1n) is 7.46. The van der Waals surface area contributed by atoms with Crippen LogP contribution in [0.2, 0.25) is 0 Å². The molecule has 110 valence electrons. The second kappa shape index (κ2) is 7.00. The van der Waals surface area contributed by atoms with E-state index in [2.05, 4.69) is 23.7 Å². The Morgan fingerprint density at radius 3 is 2.80 bits per heavy atom. The third-order valence-electron chi connectivity index (χ3n) is 3.62. The Bertz CT molecular complexity index is 466. The molecule has 1 N–H and O–H groups in total. The summed E-state index contributed by atoms with van der Waals surface area (Å²) in [6.07, 6.45) is 2.55. The molecule has 0 aliphatic heterocycles. The maximum absolute atomic E-state index is 13.9. The van der Waals surface area contributed by atoms with E-state index in [1.165, 1.54) is 18.4 Å². The fourth-order valence-electron chi connectivity index (χ4n) is 2.31. The van der Waals surface area contributed by atoms with Gasteiger partial charge in [-0.05, 0) is 37.9 Å². The minimum atomic E-state index is -0.111. The van der Waals surface area contributed by atoms with Crippen molar-refractivity contribution in [3.05, 3.63) is 47.3 Å². The summed E-state index contributed by atoms with van der Waals surface area (Å²) in [7, 11) is 0. The van der Waals surface area contributed by atoms with Crippen molar-refractivity contribution in [2.24, 2.45) is 0 Å². The van der Waals surface area contributed by atoms with Crippen LogP contribution in [-0.2, 0) is 13.1 Å². The number of rotatable bonds is 8. The molecular formula is C17H25FN2. The zero-order valence-electron chi connectivity index (χ0n) is 12.6. The zero-order valence-corrected chi connectivity index (χ0v) is 12.6. The van der Waals surface area contributed by atoms with Crippen molar-refractivity contribution in [2.75, 3.05) is 13.1 Å². The molecule has 0 heterocycles. The topological polar surface area (TPSA) is 15.3 Å². The number of hydrogen-bond donors (Lipinski definition) is 1. The van der Waals surface area contributed by atoms with Gasteiger partial charge in [0.25, 0.3) is 0 Å². The highest BCUT2D eigenvalue weighted by Crippen LogP contribution is 2.20. The predicted octanol–water partition coefficient (Wildman–Crippen LogP) is 3.48. The molecule has 0 atom stereocenters. The van der Waals surface area contributed by atoms with Gasteiger partial charge in [-0.3, -0.25) is 4.90 Å². The van der Waals surface area contributed by atoms with E-state index in [-0.39, 0.29) is 5.82 Å². The van der Waals surface area contributed by atoms with E-state index in [4.69, 9.17) is 0 Å². The minimum Gasteiger partial charge on any atom is -0.310 e. The van der Waals surface area contributed by atoms with Gasteiger partial charge in [0.1, 0.15) is 5.82 Å². The molecule has 1 aromatic carbocycles. The zero-order chi connectivity index (χ0) is 14.5. The van der Waals surface area contributed by atoms with Crippen molar-refractivity contribution in [3.8, 4) is 0 Å². The number of nitrogens with one attached hydrogen (secondary N) is 1. The van der Waals surface area contributed by atoms with Crippen LogP contribution in [0.1, 0.15) is 37.8 Å². The number of hydrogen-bond acceptors (Lipinski definition) is 2. The van der Waals surface area contributed by atoms with Gasteiger partial charge < -0.3 is 5.32 Å². The molecule has 1 fully saturated rings. The fraction of sp³-hybridized carbons (Fsp3) is 0.529. The molecule has 0 unspecified atom stereocenters. The molecule has 0 aromatic heterocycles. The molecule has 20 heavy (non-hydrogen) atoms. The number of benzene rings is 1. The summed E-state index contributed by atoms with van der Waals surface area (Å²) >= 11 is 0. The third-order valence-corrected chi connectivity index (χ3v) is 3.62. The van der Waals surface area contributed by atoms with Gasteiger partial charge in [-0.15, -0.1) is 0 Å². The Morgan fingerprint density at radius 1 is 1.45 bits per heavy atom. The smallest absolute Gasteiger partial charge is 0.127 e. The summed E-state index contributed by atoms with van der Waals surface area (Å²) in [5.41, 5.74) is 3.06. The van der Waals surface area contributed by atoms with E-state index in [1.54, 1.807) is 6.07 Å². The molecule has 0 bridgehead atoms. The van der Waals surface area contributed by atoms with Crippen LogP contribution in [0.25, 0.3) is 0 Å². The van der Waals surface area contributed by atoms with Gasteiger partial charge in [-0.25, -0.2) is 4.39 Å². The lowest BCUT2D eigenvalue weighted by atomic mass is 10.1. The molecule has 1 aliphatic rings. The quantitative estimate of drug-likeness (QED) is 0.731. The first-order valence-corrected chi connectivity index (χ1v) is 7.46. The minimum absolute atomic E-state index is 0.111. The lowest BCUT2D eigenvalue weighted by Crippen LogP contribution is -2.25. The molecule has 1 saturated carbocycles. The standard InChI is InChI=1S/C17H25FN2/c1-4-20(11-13(2)3)12-15-9-14(5-8-17(15)18)10-19-16-6-7-16/h5,8-9,16,19H,2,4,6-7,10-12H2,1,3H3. The van der Waals surface area contributed by atoms with E-state index < -0.39 is 0 Å². The third kappa shape index (κ3) is 4.73. The second-order valence-corrected chi connectivity index (χ2v) is 5.84. The largest absolute Gasteiger partial charge is 0.310 e. The molecule has 2 rings (SSSR count). The molecular weight excluding hydrogens is 251 g/mol. The Labute approximate surface area is 121 Å². The molecule has 3 heteroatoms. The molecule has 2 nitrogen and oxygen atoms in total. The summed E-state index contributed by atoms with van der Waals surface area (Å²) in [6, 6.07) is 6.14. The van der Waals surface area contributed by atoms with Crippen molar-refractivity contribution in [1.82, 2.24) is 10.2 Å². The average molecular weight is 276 g/mol. The van der Waals surface area contributed by atoms with E-state index >= 15 is 0 Å². The van der Waals surface area contributed by atoms with Crippen LogP contribution in [0.15, 0.2) is 30.4 Å². The van der Waals surface area contributed by atoms with E-state index in [0.29, 0.717) is 12.6 Å². The van der Waals surface area contributed by atoms with Crippen molar-refractivity contribution >= 4 is 0 Å². The number of halogens is 1. The summed E-state index contributed by atoms with van der Waals surface area (Å²) < 4.78 is 13.9. The first kappa shape index (κ1) is 15.2. The normalized spacial score (nSPS) is 14.8. The van der Waals surface area contributed by atoms with Gasteiger partial charge in [-0.1, -0.05) is 31.2 Å². The van der Waals surface area contributed by atoms with Gasteiger partial charge in [-0.2, -0.15) is 0 Å². The highest BCUT2D eigenvalue weighted by Gasteiger charge is 2.20. The Kier molecular flexibility index (Phi) is 5.32. The molecule has 0 spiro atoms. The lowest BCUT2D eigenvalue weighted by Gasteiger charge is -2.21. The van der Waals surface area contributed by atoms with Gasteiger partial charge in [0.2, 0.25) is 0 Å². The SMILES string of the molecule is C=C(C)CN(CC)Cc1cc(CNC2CC2)ccc1F. The van der Waals surface area contributed by atoms with Crippen LogP contribution < -0.4 is 5.32 Å². The number of likely N-dealkylation sites (N-methyl/N-ethyl adjacent to an activating group) is 1. The monoisotopic (exact) mass is 276 g/mol. The second-order valence-electron chi connectivity index (χ2n) is 5.84. The Morgan fingerprint density at radius 2 is 2.20 bits per heavy atom. The highest BCUT2D eigenvalue weighted by molar-refractivity contribution is 5.25. The fourth-order valence-corrected chi connectivity index (χ4v) is 2.31. The summed E-state index contributed by atoms with van der Waals surface area (Å²) in [5.74, 6) is -0.111. The molecule has 1 aromatic rings. The van der Waals surface area contributed by atoms with Crippen LogP contribution in [0.4, 0.5) is 4.39 Å². The van der Waals surface area contributed by atoms with Crippen LogP contribution in [0.3, 0.4) is 0 Å². The van der Waals surface area contributed by atoms with Gasteiger partial charge in [0.05, 0.1) is 0 Å². The van der Waals surface area contributed by atoms with Crippen molar-refractivity contribution in [1.29, 1.82) is 0 Å². The van der Waals surface area contributed by atoms with E-state index in [0.717, 1.165) is 30.8 Å². The van der Waals surface area contributed by atoms with Crippen LogP contribution in [-0.4, -0.2) is 24.0 Å². The summed E-state index contributed by atoms with van der Waals surface area (Å²) in [6.45, 7) is 11.2. The predicted molar refractivity (Wildman–Crippen MR) is 82.0 cm³/mol. The lowest BCUT2D eigenvalue weighted by molar-refractivity contribution is 0.299. The van der Waals surface area contributed by atoms with E-state index in [1.807, 2.05) is 19.1 Å². The number of nitrogens with zero attached hydrogens (tertiary/aromatic N) is 1. The van der Waals surface area contributed by atoms with Crippen LogP contribution in [0.5, 0.6) is 0 Å². The van der Waals surface area contributed by atoms with Gasteiger partial charge in [0, 0.05) is 31.2 Å². The van der Waals surface area contributed by atoms with Crippen LogP contribution >= 0.6 is 0 Å². The molecule has 0 saturated heterocycles. The van der Waals surface area contributed by atoms with Gasteiger partial charge in [0.15, 0.2) is 0 Å². The van der Waals surface area contributed by atoms with Crippen LogP contribution in [0, 0.1) is 5.82 Å². The average Bonchev–Trinajstić information content (AvgIpc) is 3.22. The van der Waals surface area contributed by atoms with E-state index in [9.17, 15) is 4.39 Å². The molecule has 0 radical (unpaired) electrons. The maximum atomic E-state index is 13.9. The Balaban J connectivity index is 2.00. The Hall–Kier alpha value is -1.19. The highest BCUT2D eigenvalue weighted by atomic mass is 19.1. The van der Waals surface area contributed by atoms with Crippen molar-refractivity contribution in [3.63, 3.8) is 0 Å². The first-order chi connectivity index (χ1) is 9.58. The maximum Gasteiger partial charge on any atom is 0.127 e. The molecule has 1 aliphatic carbocycles. The molecule has 0 amide bonds.